The molecule has 1 N–H and O–H groups in total. The van der Waals surface area contributed by atoms with Crippen molar-refractivity contribution in [2.45, 2.75) is 19.1 Å². The molecule has 1 atom stereocenters. The van der Waals surface area contributed by atoms with Crippen LogP contribution in [0, 0.1) is 11.3 Å². The lowest BCUT2D eigenvalue weighted by Crippen LogP contribution is -2.38. The van der Waals surface area contributed by atoms with E-state index in [9.17, 15) is 5.11 Å². The fraction of sp³-hybridized carbons (Fsp3) is 0.353. The molecule has 0 saturated heterocycles. The first kappa shape index (κ1) is 15.0. The summed E-state index contributed by atoms with van der Waals surface area (Å²) in [6, 6.07) is 11.2. The molecule has 4 nitrogen and oxygen atoms in total. The topological polar surface area (TPSA) is 56.5 Å². The van der Waals surface area contributed by atoms with Crippen LogP contribution < -0.4 is 4.74 Å². The Bertz CT molecular complexity index is 660. The summed E-state index contributed by atoms with van der Waals surface area (Å²) in [6.45, 7) is 2.78. The first-order chi connectivity index (χ1) is 10.7. The van der Waals surface area contributed by atoms with Crippen LogP contribution in [0.3, 0.4) is 0 Å². The first-order valence-corrected chi connectivity index (χ1v) is 8.21. The lowest BCUT2D eigenvalue weighted by Gasteiger charge is -2.28. The molecule has 0 fully saturated rings. The third kappa shape index (κ3) is 3.66. The predicted octanol–water partition coefficient (Wildman–Crippen LogP) is 2.42. The largest absolute Gasteiger partial charge is 0.491 e. The number of thiophene rings is 1. The lowest BCUT2D eigenvalue weighted by molar-refractivity contribution is 0.0640. The molecule has 0 amide bonds. The number of aliphatic hydroxyl groups excluding tert-OH is 1. The van der Waals surface area contributed by atoms with Crippen molar-refractivity contribution in [2.24, 2.45) is 0 Å². The van der Waals surface area contributed by atoms with Gasteiger partial charge in [-0.25, -0.2) is 0 Å². The SMILES string of the molecule is N#Cc1ccc(OC[C@@H](O)CN2CCc3sccc3C2)cc1. The molecular weight excluding hydrogens is 296 g/mol. The fourth-order valence-electron chi connectivity index (χ4n) is 2.63. The summed E-state index contributed by atoms with van der Waals surface area (Å²) in [4.78, 5) is 3.74. The summed E-state index contributed by atoms with van der Waals surface area (Å²) < 4.78 is 5.58. The number of ether oxygens (including phenoxy) is 1. The molecule has 0 unspecified atom stereocenters. The molecule has 114 valence electrons. The average Bonchev–Trinajstić information content (AvgIpc) is 3.01. The van der Waals surface area contributed by atoms with E-state index in [0.717, 1.165) is 19.5 Å². The maximum atomic E-state index is 10.1. The maximum absolute atomic E-state index is 10.1. The van der Waals surface area contributed by atoms with Crippen LogP contribution in [0.25, 0.3) is 0 Å². The van der Waals surface area contributed by atoms with Gasteiger partial charge in [-0.2, -0.15) is 5.26 Å². The monoisotopic (exact) mass is 314 g/mol. The second-order valence-corrected chi connectivity index (χ2v) is 6.46. The number of rotatable bonds is 5. The van der Waals surface area contributed by atoms with Crippen LogP contribution in [-0.2, 0) is 13.0 Å². The third-order valence-electron chi connectivity index (χ3n) is 3.78. The number of benzene rings is 1. The van der Waals surface area contributed by atoms with Crippen molar-refractivity contribution in [1.82, 2.24) is 4.90 Å². The van der Waals surface area contributed by atoms with Crippen LogP contribution in [0.15, 0.2) is 35.7 Å². The molecule has 0 saturated carbocycles. The Labute approximate surface area is 134 Å². The first-order valence-electron chi connectivity index (χ1n) is 7.33. The summed E-state index contributed by atoms with van der Waals surface area (Å²) in [5, 5.41) is 21.0. The van der Waals surface area contributed by atoms with Crippen molar-refractivity contribution >= 4 is 11.3 Å². The van der Waals surface area contributed by atoms with Gasteiger partial charge in [0.1, 0.15) is 18.5 Å². The Morgan fingerprint density at radius 2 is 2.14 bits per heavy atom. The number of aliphatic hydroxyl groups is 1. The maximum Gasteiger partial charge on any atom is 0.119 e. The summed E-state index contributed by atoms with van der Waals surface area (Å²) in [6.07, 6.45) is 0.548. The van der Waals surface area contributed by atoms with Gasteiger partial charge in [0.2, 0.25) is 0 Å². The number of hydrogen-bond acceptors (Lipinski definition) is 5. The van der Waals surface area contributed by atoms with E-state index in [1.165, 1.54) is 10.4 Å². The Morgan fingerprint density at radius 3 is 2.91 bits per heavy atom. The Balaban J connectivity index is 1.46. The van der Waals surface area contributed by atoms with Gasteiger partial charge < -0.3 is 9.84 Å². The van der Waals surface area contributed by atoms with Gasteiger partial charge in [0, 0.05) is 24.5 Å². The van der Waals surface area contributed by atoms with E-state index >= 15 is 0 Å². The van der Waals surface area contributed by atoms with E-state index in [-0.39, 0.29) is 6.61 Å². The number of hydrogen-bond donors (Lipinski definition) is 1. The number of fused-ring (bicyclic) bond motifs is 1. The van der Waals surface area contributed by atoms with Gasteiger partial charge >= 0.3 is 0 Å². The minimum Gasteiger partial charge on any atom is -0.491 e. The molecule has 1 aliphatic heterocycles. The highest BCUT2D eigenvalue weighted by molar-refractivity contribution is 7.10. The molecule has 0 aliphatic carbocycles. The summed E-state index contributed by atoms with van der Waals surface area (Å²) in [5.41, 5.74) is 1.99. The van der Waals surface area contributed by atoms with Crippen LogP contribution >= 0.6 is 11.3 Å². The van der Waals surface area contributed by atoms with E-state index in [0.29, 0.717) is 17.9 Å². The van der Waals surface area contributed by atoms with Crippen molar-refractivity contribution < 1.29 is 9.84 Å². The third-order valence-corrected chi connectivity index (χ3v) is 4.80. The molecule has 2 aromatic rings. The lowest BCUT2D eigenvalue weighted by atomic mass is 10.1. The van der Waals surface area contributed by atoms with Gasteiger partial charge in [-0.05, 0) is 47.7 Å². The zero-order valence-electron chi connectivity index (χ0n) is 12.2. The molecule has 0 bridgehead atoms. The normalized spacial score (nSPS) is 15.8. The highest BCUT2D eigenvalue weighted by Crippen LogP contribution is 2.24. The molecule has 2 heterocycles. The second kappa shape index (κ2) is 6.93. The zero-order chi connectivity index (χ0) is 15.4. The minimum atomic E-state index is -0.518. The molecular formula is C17H18N2O2S. The van der Waals surface area contributed by atoms with Crippen LogP contribution in [0.4, 0.5) is 0 Å². The Morgan fingerprint density at radius 1 is 1.32 bits per heavy atom. The van der Waals surface area contributed by atoms with Crippen molar-refractivity contribution in [3.63, 3.8) is 0 Å². The second-order valence-electron chi connectivity index (χ2n) is 5.46. The predicted molar refractivity (Wildman–Crippen MR) is 86.0 cm³/mol. The molecule has 3 rings (SSSR count). The van der Waals surface area contributed by atoms with Gasteiger partial charge in [-0.1, -0.05) is 0 Å². The Kier molecular flexibility index (Phi) is 4.74. The van der Waals surface area contributed by atoms with E-state index < -0.39 is 6.10 Å². The van der Waals surface area contributed by atoms with Crippen LogP contribution in [-0.4, -0.2) is 35.8 Å². The van der Waals surface area contributed by atoms with Crippen molar-refractivity contribution in [3.8, 4) is 11.8 Å². The van der Waals surface area contributed by atoms with Crippen molar-refractivity contribution in [2.75, 3.05) is 19.7 Å². The van der Waals surface area contributed by atoms with E-state index in [1.807, 2.05) is 11.3 Å². The highest BCUT2D eigenvalue weighted by Gasteiger charge is 2.19. The molecule has 22 heavy (non-hydrogen) atoms. The van der Waals surface area contributed by atoms with Gasteiger partial charge in [0.15, 0.2) is 0 Å². The summed E-state index contributed by atoms with van der Waals surface area (Å²) >= 11 is 1.82. The van der Waals surface area contributed by atoms with E-state index in [2.05, 4.69) is 22.4 Å². The molecule has 5 heteroatoms. The van der Waals surface area contributed by atoms with Gasteiger partial charge in [0.25, 0.3) is 0 Å². The summed E-state index contributed by atoms with van der Waals surface area (Å²) in [5.74, 6) is 0.678. The molecule has 0 spiro atoms. The average molecular weight is 314 g/mol. The van der Waals surface area contributed by atoms with Crippen molar-refractivity contribution in [3.05, 3.63) is 51.7 Å². The summed E-state index contributed by atoms with van der Waals surface area (Å²) in [7, 11) is 0. The van der Waals surface area contributed by atoms with E-state index in [1.54, 1.807) is 24.3 Å². The van der Waals surface area contributed by atoms with Gasteiger partial charge in [0.05, 0.1) is 11.6 Å². The molecule has 1 aliphatic rings. The molecule has 0 radical (unpaired) electrons. The highest BCUT2D eigenvalue weighted by atomic mass is 32.1. The van der Waals surface area contributed by atoms with Gasteiger partial charge in [-0.3, -0.25) is 4.90 Å². The van der Waals surface area contributed by atoms with E-state index in [4.69, 9.17) is 10.00 Å². The standard InChI is InChI=1S/C17H18N2O2S/c18-9-13-1-3-16(4-2-13)21-12-15(20)11-19-7-5-17-14(10-19)6-8-22-17/h1-4,6,8,15,20H,5,7,10-12H2/t15-/m0/s1. The molecule has 1 aromatic heterocycles. The smallest absolute Gasteiger partial charge is 0.119 e. The van der Waals surface area contributed by atoms with Crippen LogP contribution in [0.5, 0.6) is 5.75 Å². The fourth-order valence-corrected chi connectivity index (χ4v) is 3.52. The van der Waals surface area contributed by atoms with Crippen molar-refractivity contribution in [1.29, 1.82) is 5.26 Å². The minimum absolute atomic E-state index is 0.263. The zero-order valence-corrected chi connectivity index (χ0v) is 13.1. The quantitative estimate of drug-likeness (QED) is 0.921. The Hall–Kier alpha value is -1.87. The molecule has 1 aromatic carbocycles. The number of nitrogens with zero attached hydrogens (tertiary/aromatic N) is 2. The van der Waals surface area contributed by atoms with Crippen LogP contribution in [0.1, 0.15) is 16.0 Å². The van der Waals surface area contributed by atoms with Crippen LogP contribution in [0.2, 0.25) is 0 Å². The number of β-amino-alcohol motifs (C(OH)–C–C–N with tert-alkyl or cyclic N) is 1. The number of nitriles is 1. The van der Waals surface area contributed by atoms with Gasteiger partial charge in [-0.15, -0.1) is 11.3 Å².